The summed E-state index contributed by atoms with van der Waals surface area (Å²) in [6.45, 7) is -1.97. The van der Waals surface area contributed by atoms with Gasteiger partial charge in [-0.3, -0.25) is 26.3 Å². The molecule has 0 bridgehead atoms. The Labute approximate surface area is 370 Å². The van der Waals surface area contributed by atoms with Crippen molar-refractivity contribution in [1.29, 1.82) is 0 Å². The van der Waals surface area contributed by atoms with Gasteiger partial charge in [0.15, 0.2) is 12.4 Å². The Balaban J connectivity index is -0.00000529. The first-order chi connectivity index (χ1) is 20.5. The van der Waals surface area contributed by atoms with E-state index in [-0.39, 0.29) is 125 Å². The molecule has 1 heterocycles. The van der Waals surface area contributed by atoms with E-state index in [0.29, 0.717) is 5.56 Å². The van der Waals surface area contributed by atoms with Crippen LogP contribution in [-0.2, 0) is 83.9 Å². The molecule has 30 heteroatoms. The molecular weight excluding hydrogens is 796 g/mol. The predicted octanol–water partition coefficient (Wildman–Crippen LogP) is -16.1. The normalized spacial score (nSPS) is 21.0. The molecule has 22 nitrogen and oxygen atoms in total. The number of amides is 2. The van der Waals surface area contributed by atoms with Gasteiger partial charge in [-0.15, -0.1) is 0 Å². The van der Waals surface area contributed by atoms with Gasteiger partial charge in [0.2, 0.25) is 53.4 Å². The van der Waals surface area contributed by atoms with Crippen molar-refractivity contribution >= 4 is 53.4 Å². The van der Waals surface area contributed by atoms with Crippen LogP contribution in [0.4, 0.5) is 0 Å². The summed E-state index contributed by atoms with van der Waals surface area (Å²) in [6, 6.07) is 8.56. The van der Waals surface area contributed by atoms with Gasteiger partial charge in [-0.25, -0.2) is 33.7 Å². The van der Waals surface area contributed by atoms with Crippen LogP contribution in [0, 0.1) is 0 Å². The largest absolute Gasteiger partial charge is 1.00 e. The van der Waals surface area contributed by atoms with E-state index in [1.165, 1.54) is 11.8 Å². The number of hydrogen-bond acceptors (Lipinski definition) is 20. The van der Waals surface area contributed by atoms with Crippen LogP contribution < -0.4 is 124 Å². The number of ether oxygens (including phenoxy) is 2. The van der Waals surface area contributed by atoms with Crippen molar-refractivity contribution < 1.29 is 206 Å². The molecule has 0 aromatic heterocycles. The van der Waals surface area contributed by atoms with Gasteiger partial charge in [-0.1, -0.05) is 30.3 Å². The zero-order valence-corrected chi connectivity index (χ0v) is 37.8. The summed E-state index contributed by atoms with van der Waals surface area (Å²) >= 11 is 0. The Morgan fingerprint density at radius 3 is 1.73 bits per heavy atom. The summed E-state index contributed by atoms with van der Waals surface area (Å²) < 4.78 is 161. The minimum atomic E-state index is -5.99. The van der Waals surface area contributed by atoms with E-state index in [9.17, 15) is 61.5 Å². The van der Waals surface area contributed by atoms with Gasteiger partial charge in [0, 0.05) is 20.0 Å². The van der Waals surface area contributed by atoms with E-state index in [1.54, 1.807) is 30.3 Å². The Morgan fingerprint density at radius 2 is 1.27 bits per heavy atom. The smallest absolute Gasteiger partial charge is 0.726 e. The molecule has 5 atom stereocenters. The van der Waals surface area contributed by atoms with Gasteiger partial charge < -0.3 is 37.9 Å². The molecule has 258 valence electrons. The number of hydrogen-bond donors (Lipinski definition) is 1. The van der Waals surface area contributed by atoms with Crippen molar-refractivity contribution in [2.75, 3.05) is 26.3 Å². The van der Waals surface area contributed by atoms with E-state index in [1.807, 2.05) is 0 Å². The third-order valence-electron chi connectivity index (χ3n) is 5.36. The first kappa shape index (κ1) is 54.9. The molecule has 1 N–H and O–H groups in total. The molecule has 0 radical (unpaired) electrons. The Kier molecular flexibility index (Phi) is 27.1. The third-order valence-corrected chi connectivity index (χ3v) is 7.16. The molecule has 1 aromatic rings. The van der Waals surface area contributed by atoms with E-state index < -0.39 is 110 Å². The fourth-order valence-electron chi connectivity index (χ4n) is 3.71. The number of nitrogens with zero attached hydrogens (tertiary/aromatic N) is 1. The molecule has 2 rings (SSSR count). The maximum atomic E-state index is 12.4. The number of benzene rings is 1. The molecule has 1 saturated heterocycles. The Bertz CT molecular complexity index is 1620. The second-order valence-electron chi connectivity index (χ2n) is 8.72. The molecule has 1 aliphatic rings. The Hall–Kier alpha value is 1.56. The monoisotopic (exact) mass is 820 g/mol. The number of carbonyl (C=O) groups excluding carboxylic acids is 2. The van der Waals surface area contributed by atoms with Crippen molar-refractivity contribution in [2.45, 2.75) is 44.2 Å². The maximum absolute atomic E-state index is 12.4. The molecule has 49 heavy (non-hydrogen) atoms. The van der Waals surface area contributed by atoms with E-state index in [4.69, 9.17) is 9.47 Å². The average Bonchev–Trinajstić information content (AvgIpc) is 2.86. The number of carbonyl (C=O) groups is 2. The van der Waals surface area contributed by atoms with E-state index >= 15 is 0 Å². The van der Waals surface area contributed by atoms with Crippen LogP contribution in [0.1, 0.15) is 12.5 Å². The number of nitrogens with one attached hydrogen (secondary N) is 1. The van der Waals surface area contributed by atoms with Crippen LogP contribution in [-0.4, -0.2) is 126 Å². The van der Waals surface area contributed by atoms with Crippen LogP contribution in [0.25, 0.3) is 0 Å². The van der Waals surface area contributed by atoms with E-state index in [2.05, 4.69) is 22.0 Å². The van der Waals surface area contributed by atoms with Gasteiger partial charge in [-0.2, -0.15) is 0 Å². The van der Waals surface area contributed by atoms with Gasteiger partial charge in [0.25, 0.3) is 0 Å². The van der Waals surface area contributed by atoms with Crippen molar-refractivity contribution in [3.8, 4) is 0 Å². The Morgan fingerprint density at radius 1 is 0.776 bits per heavy atom. The minimum absolute atomic E-state index is 0. The molecule has 1 aromatic carbocycles. The third kappa shape index (κ3) is 23.2. The van der Waals surface area contributed by atoms with Crippen molar-refractivity contribution in [1.82, 2.24) is 10.2 Å². The topological polar surface area (TPSA) is 334 Å². The second-order valence-corrected chi connectivity index (χ2v) is 12.8. The zero-order valence-electron chi connectivity index (χ0n) is 26.6. The average molecular weight is 821 g/mol. The number of rotatable bonds is 17. The standard InChI is InChI=1S/C19H28N2O20S4.4Na/c1-12(22)21(9-13-5-3-2-4-6-13)10-15(23)20-7-8-36-19-18(41-45(33,34)35)17(40-44(30,31)32)16(39-43(27,28)29)14(38-19)11-37-42(24,25)26;;;;/h2-6,14,16-19H,7-11H2,1H3,(H,20,23)(H,24,25,26)(H,27,28,29)(H,30,31,32)(H,33,34,35);;;;/q;4*+1/p-4/t14-,16+,17-,18+,19-;;;;/m0..../s1. The molecular formula is C19H24N2Na4O20S4. The quantitative estimate of drug-likeness (QED) is 0.0660. The molecule has 0 saturated carbocycles. The van der Waals surface area contributed by atoms with Gasteiger partial charge in [-0.05, 0) is 5.56 Å². The fraction of sp³-hybridized carbons (Fsp3) is 0.579. The second kappa shape index (κ2) is 24.2. The summed E-state index contributed by atoms with van der Waals surface area (Å²) in [5.41, 5.74) is 0.699. The molecule has 1 fully saturated rings. The fourth-order valence-corrected chi connectivity index (χ4v) is 5.48. The summed E-state index contributed by atoms with van der Waals surface area (Å²) in [4.78, 5) is 25.5. The van der Waals surface area contributed by atoms with Crippen molar-refractivity contribution in [2.24, 2.45) is 0 Å². The van der Waals surface area contributed by atoms with Gasteiger partial charge in [0.05, 0.1) is 19.8 Å². The summed E-state index contributed by atoms with van der Waals surface area (Å²) in [7, 11) is -23.4. The van der Waals surface area contributed by atoms with Gasteiger partial charge in [0.1, 0.15) is 18.3 Å². The molecule has 2 amide bonds. The molecule has 1 aliphatic heterocycles. The van der Waals surface area contributed by atoms with Crippen LogP contribution in [0.15, 0.2) is 30.3 Å². The van der Waals surface area contributed by atoms with Crippen LogP contribution in [0.3, 0.4) is 0 Å². The first-order valence-corrected chi connectivity index (χ1v) is 17.2. The van der Waals surface area contributed by atoms with Gasteiger partial charge >= 0.3 is 118 Å². The van der Waals surface area contributed by atoms with Crippen molar-refractivity contribution in [3.05, 3.63) is 35.9 Å². The summed E-state index contributed by atoms with van der Waals surface area (Å²) in [6.07, 6.45) is -13.2. The van der Waals surface area contributed by atoms with Crippen LogP contribution >= 0.6 is 0 Å². The SMILES string of the molecule is CC(=O)N(CC(=O)NCCO[C@H]1O[C@@H](COS(=O)(=O)[O-])[C@@H](OS(=O)(=O)[O-])[C@H](OS(=O)(=O)[O-])[C@H]1OS(=O)(=O)[O-])Cc1ccccc1.[Na+].[Na+].[Na+].[Na+]. The van der Waals surface area contributed by atoms with Crippen molar-refractivity contribution in [3.63, 3.8) is 0 Å². The molecule has 0 aliphatic carbocycles. The van der Waals surface area contributed by atoms with E-state index in [0.717, 1.165) is 0 Å². The van der Waals surface area contributed by atoms with Crippen LogP contribution in [0.5, 0.6) is 0 Å². The summed E-state index contributed by atoms with van der Waals surface area (Å²) in [5.74, 6) is -1.21. The summed E-state index contributed by atoms with van der Waals surface area (Å²) in [5, 5.41) is 2.30. The molecule has 0 spiro atoms. The van der Waals surface area contributed by atoms with Crippen LogP contribution in [0.2, 0.25) is 0 Å². The maximum Gasteiger partial charge on any atom is 1.00 e. The molecule has 0 unspecified atom stereocenters. The minimum Gasteiger partial charge on any atom is -0.726 e. The zero-order chi connectivity index (χ0) is 34.2. The predicted molar refractivity (Wildman–Crippen MR) is 135 cm³/mol. The first-order valence-electron chi connectivity index (χ1n) is 11.9.